The number of morpholine rings is 1. The highest BCUT2D eigenvalue weighted by molar-refractivity contribution is 5.94. The molecule has 5 heteroatoms. The van der Waals surface area contributed by atoms with Crippen molar-refractivity contribution in [3.8, 4) is 0 Å². The van der Waals surface area contributed by atoms with E-state index in [2.05, 4.69) is 4.90 Å². The summed E-state index contributed by atoms with van der Waals surface area (Å²) < 4.78 is 19.4. The summed E-state index contributed by atoms with van der Waals surface area (Å²) in [6.45, 7) is 4.93. The highest BCUT2D eigenvalue weighted by Gasteiger charge is 2.29. The van der Waals surface area contributed by atoms with Gasteiger partial charge in [-0.1, -0.05) is 25.0 Å². The topological polar surface area (TPSA) is 32.8 Å². The summed E-state index contributed by atoms with van der Waals surface area (Å²) in [5.41, 5.74) is 0.196. The number of benzene rings is 1. The van der Waals surface area contributed by atoms with Crippen molar-refractivity contribution in [2.75, 3.05) is 39.4 Å². The van der Waals surface area contributed by atoms with Gasteiger partial charge < -0.3 is 9.64 Å². The summed E-state index contributed by atoms with van der Waals surface area (Å²) in [5, 5.41) is 0. The Morgan fingerprint density at radius 3 is 2.70 bits per heavy atom. The third-order valence-corrected chi connectivity index (χ3v) is 4.81. The minimum Gasteiger partial charge on any atom is -0.379 e. The lowest BCUT2D eigenvalue weighted by Crippen LogP contribution is -2.49. The lowest BCUT2D eigenvalue weighted by molar-refractivity contribution is 0.0217. The fraction of sp³-hybridized carbons (Fsp3) is 0.611. The van der Waals surface area contributed by atoms with Gasteiger partial charge >= 0.3 is 0 Å². The van der Waals surface area contributed by atoms with Crippen LogP contribution in [0.1, 0.15) is 36.0 Å². The second-order valence-electron chi connectivity index (χ2n) is 6.39. The number of nitrogens with zero attached hydrogens (tertiary/aromatic N) is 2. The Labute approximate surface area is 137 Å². The van der Waals surface area contributed by atoms with E-state index in [1.807, 2.05) is 4.90 Å². The summed E-state index contributed by atoms with van der Waals surface area (Å²) in [7, 11) is 0. The van der Waals surface area contributed by atoms with Gasteiger partial charge in [0.1, 0.15) is 5.82 Å². The molecule has 126 valence electrons. The average Bonchev–Trinajstić information content (AvgIpc) is 2.81. The highest BCUT2D eigenvalue weighted by Crippen LogP contribution is 2.21. The summed E-state index contributed by atoms with van der Waals surface area (Å²) in [6.07, 6.45) is 4.27. The standard InChI is InChI=1S/C18H25FN2O2/c19-17-8-4-3-7-16(17)18(22)21-9-5-1-2-6-15(21)14-20-10-12-23-13-11-20/h3-4,7-8,15H,1-2,5-6,9-14H2. The van der Waals surface area contributed by atoms with Gasteiger partial charge in [0.15, 0.2) is 0 Å². The van der Waals surface area contributed by atoms with Crippen LogP contribution >= 0.6 is 0 Å². The van der Waals surface area contributed by atoms with Crippen molar-refractivity contribution < 1.29 is 13.9 Å². The van der Waals surface area contributed by atoms with Crippen LogP contribution in [0, 0.1) is 5.82 Å². The molecular formula is C18H25FN2O2. The van der Waals surface area contributed by atoms with Gasteiger partial charge in [0.05, 0.1) is 18.8 Å². The first-order chi connectivity index (χ1) is 11.3. The Balaban J connectivity index is 1.75. The maximum Gasteiger partial charge on any atom is 0.257 e. The Morgan fingerprint density at radius 1 is 1.13 bits per heavy atom. The third-order valence-electron chi connectivity index (χ3n) is 4.81. The highest BCUT2D eigenvalue weighted by atomic mass is 19.1. The van der Waals surface area contributed by atoms with Crippen LogP contribution in [0.5, 0.6) is 0 Å². The molecule has 1 atom stereocenters. The fourth-order valence-corrected chi connectivity index (χ4v) is 3.51. The molecule has 0 aromatic heterocycles. The van der Waals surface area contributed by atoms with Crippen molar-refractivity contribution in [1.82, 2.24) is 9.80 Å². The Bertz CT molecular complexity index is 532. The van der Waals surface area contributed by atoms with Crippen LogP contribution in [0.15, 0.2) is 24.3 Å². The van der Waals surface area contributed by atoms with Crippen molar-refractivity contribution in [3.05, 3.63) is 35.6 Å². The number of rotatable bonds is 3. The van der Waals surface area contributed by atoms with Gasteiger partial charge in [0, 0.05) is 32.2 Å². The first-order valence-electron chi connectivity index (χ1n) is 8.61. The normalized spacial score (nSPS) is 23.5. The SMILES string of the molecule is O=C(c1ccccc1F)N1CCCCCC1CN1CCOCC1. The van der Waals surface area contributed by atoms with Gasteiger partial charge in [-0.25, -0.2) is 4.39 Å². The predicted molar refractivity (Wildman–Crippen MR) is 87.0 cm³/mol. The van der Waals surface area contributed by atoms with Crippen LogP contribution in [0.4, 0.5) is 4.39 Å². The van der Waals surface area contributed by atoms with Gasteiger partial charge in [0.2, 0.25) is 0 Å². The van der Waals surface area contributed by atoms with E-state index in [1.54, 1.807) is 18.2 Å². The van der Waals surface area contributed by atoms with Gasteiger partial charge in [-0.2, -0.15) is 0 Å². The Hall–Kier alpha value is -1.46. The number of hydrogen-bond donors (Lipinski definition) is 0. The molecule has 2 aliphatic heterocycles. The number of carbonyl (C=O) groups excluding carboxylic acids is 1. The zero-order valence-electron chi connectivity index (χ0n) is 13.5. The lowest BCUT2D eigenvalue weighted by Gasteiger charge is -2.36. The molecule has 1 aromatic carbocycles. The maximum absolute atomic E-state index is 14.0. The van der Waals surface area contributed by atoms with Crippen LogP contribution in [0.25, 0.3) is 0 Å². The molecule has 0 bridgehead atoms. The number of carbonyl (C=O) groups is 1. The molecular weight excluding hydrogens is 295 g/mol. The molecule has 1 unspecified atom stereocenters. The number of halogens is 1. The van der Waals surface area contributed by atoms with Crippen molar-refractivity contribution in [2.24, 2.45) is 0 Å². The van der Waals surface area contributed by atoms with Crippen molar-refractivity contribution >= 4 is 5.91 Å². The largest absolute Gasteiger partial charge is 0.379 e. The van der Waals surface area contributed by atoms with E-state index in [4.69, 9.17) is 4.74 Å². The van der Waals surface area contributed by atoms with Crippen LogP contribution in [0.2, 0.25) is 0 Å². The second kappa shape index (κ2) is 7.88. The molecule has 2 fully saturated rings. The molecule has 23 heavy (non-hydrogen) atoms. The number of hydrogen-bond acceptors (Lipinski definition) is 3. The second-order valence-corrected chi connectivity index (χ2v) is 6.39. The molecule has 0 saturated carbocycles. The van der Waals surface area contributed by atoms with E-state index < -0.39 is 5.82 Å². The van der Waals surface area contributed by atoms with Crippen LogP contribution in [-0.2, 0) is 4.74 Å². The smallest absolute Gasteiger partial charge is 0.257 e. The molecule has 0 aliphatic carbocycles. The zero-order valence-corrected chi connectivity index (χ0v) is 13.5. The number of amides is 1. The van der Waals surface area contributed by atoms with E-state index in [9.17, 15) is 9.18 Å². The molecule has 2 saturated heterocycles. The Morgan fingerprint density at radius 2 is 1.91 bits per heavy atom. The molecule has 4 nitrogen and oxygen atoms in total. The van der Waals surface area contributed by atoms with E-state index >= 15 is 0 Å². The van der Waals surface area contributed by atoms with Gasteiger partial charge in [-0.05, 0) is 25.0 Å². The average molecular weight is 320 g/mol. The molecule has 0 spiro atoms. The first-order valence-corrected chi connectivity index (χ1v) is 8.61. The molecule has 0 radical (unpaired) electrons. The van der Waals surface area contributed by atoms with Crippen LogP contribution in [0.3, 0.4) is 0 Å². The number of ether oxygens (including phenoxy) is 1. The van der Waals surface area contributed by atoms with Crippen molar-refractivity contribution in [2.45, 2.75) is 31.7 Å². The Kier molecular flexibility index (Phi) is 5.62. The summed E-state index contributed by atoms with van der Waals surface area (Å²) in [5.74, 6) is -0.588. The van der Waals surface area contributed by atoms with Crippen molar-refractivity contribution in [1.29, 1.82) is 0 Å². The monoisotopic (exact) mass is 320 g/mol. The maximum atomic E-state index is 14.0. The van der Waals surface area contributed by atoms with Gasteiger partial charge in [-0.15, -0.1) is 0 Å². The predicted octanol–water partition coefficient (Wildman–Crippen LogP) is 2.54. The van der Waals surface area contributed by atoms with Crippen LogP contribution < -0.4 is 0 Å². The minimum absolute atomic E-state index is 0.164. The zero-order chi connectivity index (χ0) is 16.1. The molecule has 3 rings (SSSR count). The van der Waals surface area contributed by atoms with Crippen LogP contribution in [-0.4, -0.2) is 61.1 Å². The summed E-state index contributed by atoms with van der Waals surface area (Å²) in [4.78, 5) is 17.1. The lowest BCUT2D eigenvalue weighted by atomic mass is 10.1. The van der Waals surface area contributed by atoms with Gasteiger partial charge in [0.25, 0.3) is 5.91 Å². The van der Waals surface area contributed by atoms with E-state index in [1.165, 1.54) is 6.07 Å². The summed E-state index contributed by atoms with van der Waals surface area (Å²) >= 11 is 0. The van der Waals surface area contributed by atoms with Gasteiger partial charge in [-0.3, -0.25) is 9.69 Å². The minimum atomic E-state index is -0.424. The van der Waals surface area contributed by atoms with E-state index in [-0.39, 0.29) is 17.5 Å². The number of likely N-dealkylation sites (tertiary alicyclic amines) is 1. The summed E-state index contributed by atoms with van der Waals surface area (Å²) in [6, 6.07) is 6.48. The van der Waals surface area contributed by atoms with E-state index in [0.29, 0.717) is 0 Å². The fourth-order valence-electron chi connectivity index (χ4n) is 3.51. The first kappa shape index (κ1) is 16.4. The molecule has 2 heterocycles. The van der Waals surface area contributed by atoms with E-state index in [0.717, 1.165) is 65.1 Å². The molecule has 2 aliphatic rings. The van der Waals surface area contributed by atoms with Crippen molar-refractivity contribution in [3.63, 3.8) is 0 Å². The molecule has 1 aromatic rings. The molecule has 0 N–H and O–H groups in total. The quantitative estimate of drug-likeness (QED) is 0.858. The molecule has 1 amide bonds. The third kappa shape index (κ3) is 4.09.